The van der Waals surface area contributed by atoms with E-state index >= 15 is 0 Å². The van der Waals surface area contributed by atoms with Crippen LogP contribution in [0.1, 0.15) is 44.9 Å². The van der Waals surface area contributed by atoms with E-state index in [1.54, 1.807) is 0 Å². The third kappa shape index (κ3) is 3.95. The zero-order valence-corrected chi connectivity index (χ0v) is 10.6. The van der Waals surface area contributed by atoms with E-state index in [0.29, 0.717) is 18.5 Å². The molecule has 2 saturated carbocycles. The predicted molar refractivity (Wildman–Crippen MR) is 67.5 cm³/mol. The van der Waals surface area contributed by atoms with Crippen molar-refractivity contribution >= 4 is 18.3 Å². The molecule has 2 unspecified atom stereocenters. The minimum Gasteiger partial charge on any atom is -0.353 e. The Kier molecular flexibility index (Phi) is 5.56. The standard InChI is InChI=1S/C12H22N2O.ClH/c13-8-10-2-1-3-11(10)14-12(15)7-6-9-4-5-9;/h9-11H,1-8,13H2,(H,14,15);1H. The Labute approximate surface area is 104 Å². The molecule has 2 rings (SSSR count). The molecule has 16 heavy (non-hydrogen) atoms. The number of nitrogens with two attached hydrogens (primary N) is 1. The summed E-state index contributed by atoms with van der Waals surface area (Å²) in [5, 5.41) is 3.14. The van der Waals surface area contributed by atoms with Gasteiger partial charge in [0.15, 0.2) is 0 Å². The highest BCUT2D eigenvalue weighted by Gasteiger charge is 2.28. The second-order valence-electron chi connectivity index (χ2n) is 5.08. The van der Waals surface area contributed by atoms with Crippen molar-refractivity contribution in [3.05, 3.63) is 0 Å². The van der Waals surface area contributed by atoms with Crippen molar-refractivity contribution in [3.63, 3.8) is 0 Å². The van der Waals surface area contributed by atoms with E-state index < -0.39 is 0 Å². The third-order valence-electron chi connectivity index (χ3n) is 3.78. The Hall–Kier alpha value is -0.280. The van der Waals surface area contributed by atoms with Gasteiger partial charge < -0.3 is 11.1 Å². The van der Waals surface area contributed by atoms with Crippen molar-refractivity contribution in [3.8, 4) is 0 Å². The first-order valence-corrected chi connectivity index (χ1v) is 6.29. The smallest absolute Gasteiger partial charge is 0.220 e. The lowest BCUT2D eigenvalue weighted by atomic mass is 10.0. The van der Waals surface area contributed by atoms with Crippen LogP contribution in [-0.2, 0) is 4.79 Å². The van der Waals surface area contributed by atoms with Crippen LogP contribution in [0.3, 0.4) is 0 Å². The summed E-state index contributed by atoms with van der Waals surface area (Å²) in [5.41, 5.74) is 5.68. The molecule has 2 fully saturated rings. The average Bonchev–Trinajstić information content (AvgIpc) is 2.96. The Morgan fingerprint density at radius 2 is 2.00 bits per heavy atom. The van der Waals surface area contributed by atoms with Crippen LogP contribution in [0.4, 0.5) is 0 Å². The molecule has 0 bridgehead atoms. The molecule has 4 heteroatoms. The molecule has 0 aromatic carbocycles. The van der Waals surface area contributed by atoms with Gasteiger partial charge in [0.2, 0.25) is 5.91 Å². The van der Waals surface area contributed by atoms with E-state index in [-0.39, 0.29) is 18.3 Å². The Morgan fingerprint density at radius 1 is 1.25 bits per heavy atom. The fourth-order valence-corrected chi connectivity index (χ4v) is 2.53. The van der Waals surface area contributed by atoms with Gasteiger partial charge in [-0.25, -0.2) is 0 Å². The number of carbonyl (C=O) groups excluding carboxylic acids is 1. The summed E-state index contributed by atoms with van der Waals surface area (Å²) in [6.07, 6.45) is 8.01. The van der Waals surface area contributed by atoms with E-state index in [2.05, 4.69) is 5.32 Å². The lowest BCUT2D eigenvalue weighted by molar-refractivity contribution is -0.122. The van der Waals surface area contributed by atoms with E-state index in [1.165, 1.54) is 25.7 Å². The minimum absolute atomic E-state index is 0. The summed E-state index contributed by atoms with van der Waals surface area (Å²) in [6, 6.07) is 0.363. The molecule has 0 spiro atoms. The van der Waals surface area contributed by atoms with E-state index in [9.17, 15) is 4.79 Å². The fraction of sp³-hybridized carbons (Fsp3) is 0.917. The van der Waals surface area contributed by atoms with Gasteiger partial charge in [0.25, 0.3) is 0 Å². The molecule has 0 heterocycles. The highest BCUT2D eigenvalue weighted by Crippen LogP contribution is 2.33. The monoisotopic (exact) mass is 246 g/mol. The highest BCUT2D eigenvalue weighted by molar-refractivity contribution is 5.85. The van der Waals surface area contributed by atoms with Crippen molar-refractivity contribution in [1.82, 2.24) is 5.32 Å². The normalized spacial score (nSPS) is 28.6. The van der Waals surface area contributed by atoms with Crippen LogP contribution < -0.4 is 11.1 Å². The summed E-state index contributed by atoms with van der Waals surface area (Å²) < 4.78 is 0. The zero-order chi connectivity index (χ0) is 10.7. The molecule has 2 aliphatic carbocycles. The molecular weight excluding hydrogens is 224 g/mol. The number of nitrogens with one attached hydrogen (secondary N) is 1. The van der Waals surface area contributed by atoms with Crippen LogP contribution in [-0.4, -0.2) is 18.5 Å². The summed E-state index contributed by atoms with van der Waals surface area (Å²) in [4.78, 5) is 11.6. The summed E-state index contributed by atoms with van der Waals surface area (Å²) in [5.74, 6) is 1.62. The summed E-state index contributed by atoms with van der Waals surface area (Å²) in [6.45, 7) is 0.716. The molecule has 0 saturated heterocycles. The number of carbonyl (C=O) groups is 1. The number of hydrogen-bond acceptors (Lipinski definition) is 2. The van der Waals surface area contributed by atoms with Gasteiger partial charge in [-0.2, -0.15) is 0 Å². The fourth-order valence-electron chi connectivity index (χ4n) is 2.53. The van der Waals surface area contributed by atoms with Gasteiger partial charge in [-0.15, -0.1) is 12.4 Å². The molecule has 2 aliphatic rings. The molecule has 94 valence electrons. The van der Waals surface area contributed by atoms with Gasteiger partial charge in [0, 0.05) is 12.5 Å². The van der Waals surface area contributed by atoms with Gasteiger partial charge in [0.05, 0.1) is 0 Å². The maximum absolute atomic E-state index is 11.6. The maximum atomic E-state index is 11.6. The van der Waals surface area contributed by atoms with Crippen molar-refractivity contribution in [1.29, 1.82) is 0 Å². The van der Waals surface area contributed by atoms with Crippen LogP contribution in [0, 0.1) is 11.8 Å². The molecule has 0 aliphatic heterocycles. The first-order chi connectivity index (χ1) is 7.29. The second kappa shape index (κ2) is 6.45. The molecule has 0 radical (unpaired) electrons. The Bertz CT molecular complexity index is 231. The predicted octanol–water partition coefficient (Wildman–Crippen LogP) is 1.84. The minimum atomic E-state index is 0. The molecule has 0 aromatic rings. The van der Waals surface area contributed by atoms with Crippen LogP contribution in [0.2, 0.25) is 0 Å². The van der Waals surface area contributed by atoms with E-state index in [1.807, 2.05) is 0 Å². The largest absolute Gasteiger partial charge is 0.353 e. The van der Waals surface area contributed by atoms with Crippen LogP contribution in [0.5, 0.6) is 0 Å². The van der Waals surface area contributed by atoms with Gasteiger partial charge in [0.1, 0.15) is 0 Å². The lowest BCUT2D eigenvalue weighted by Gasteiger charge is -2.19. The third-order valence-corrected chi connectivity index (χ3v) is 3.78. The first-order valence-electron chi connectivity index (χ1n) is 6.29. The lowest BCUT2D eigenvalue weighted by Crippen LogP contribution is -2.39. The van der Waals surface area contributed by atoms with Crippen molar-refractivity contribution in [2.75, 3.05) is 6.54 Å². The molecule has 0 aromatic heterocycles. The quantitative estimate of drug-likeness (QED) is 0.778. The van der Waals surface area contributed by atoms with Crippen LogP contribution in [0.25, 0.3) is 0 Å². The van der Waals surface area contributed by atoms with Gasteiger partial charge >= 0.3 is 0 Å². The maximum Gasteiger partial charge on any atom is 0.220 e. The number of hydrogen-bond donors (Lipinski definition) is 2. The topological polar surface area (TPSA) is 55.1 Å². The highest BCUT2D eigenvalue weighted by atomic mass is 35.5. The van der Waals surface area contributed by atoms with E-state index in [4.69, 9.17) is 5.73 Å². The van der Waals surface area contributed by atoms with Crippen LogP contribution >= 0.6 is 12.4 Å². The first kappa shape index (κ1) is 13.8. The van der Waals surface area contributed by atoms with Crippen molar-refractivity contribution < 1.29 is 4.79 Å². The molecular formula is C12H23ClN2O. The number of rotatable bonds is 5. The average molecular weight is 247 g/mol. The van der Waals surface area contributed by atoms with Gasteiger partial charge in [-0.3, -0.25) is 4.79 Å². The van der Waals surface area contributed by atoms with E-state index in [0.717, 1.165) is 25.2 Å². The number of amides is 1. The Morgan fingerprint density at radius 3 is 2.62 bits per heavy atom. The Balaban J connectivity index is 0.00000128. The van der Waals surface area contributed by atoms with Crippen molar-refractivity contribution in [2.24, 2.45) is 17.6 Å². The summed E-state index contributed by atoms with van der Waals surface area (Å²) >= 11 is 0. The second-order valence-corrected chi connectivity index (χ2v) is 5.08. The zero-order valence-electron chi connectivity index (χ0n) is 9.78. The van der Waals surface area contributed by atoms with Crippen LogP contribution in [0.15, 0.2) is 0 Å². The SMILES string of the molecule is Cl.NCC1CCCC1NC(=O)CCC1CC1. The molecule has 1 amide bonds. The molecule has 2 atom stereocenters. The van der Waals surface area contributed by atoms with Crippen molar-refractivity contribution in [2.45, 2.75) is 51.0 Å². The summed E-state index contributed by atoms with van der Waals surface area (Å²) in [7, 11) is 0. The molecule has 3 N–H and O–H groups in total. The van der Waals surface area contributed by atoms with Gasteiger partial charge in [-0.05, 0) is 37.6 Å². The molecule has 3 nitrogen and oxygen atoms in total. The number of halogens is 1. The van der Waals surface area contributed by atoms with Gasteiger partial charge in [-0.1, -0.05) is 19.3 Å².